The van der Waals surface area contributed by atoms with Crippen LogP contribution in [0.1, 0.15) is 51.9 Å². The molecule has 0 aromatic rings. The normalized spacial score (nSPS) is 31.0. The summed E-state index contributed by atoms with van der Waals surface area (Å²) in [4.78, 5) is 7.17. The first-order chi connectivity index (χ1) is 12.2. The Kier molecular flexibility index (Phi) is 6.92. The Hall–Kier alpha value is -0.460. The molecule has 6 heteroatoms. The molecule has 0 amide bonds. The van der Waals surface area contributed by atoms with Gasteiger partial charge in [0.1, 0.15) is 0 Å². The van der Waals surface area contributed by atoms with E-state index < -0.39 is 0 Å². The molecule has 3 rings (SSSR count). The van der Waals surface area contributed by atoms with Gasteiger partial charge >= 0.3 is 0 Å². The molecule has 0 spiro atoms. The molecular weight excluding hydrogens is 332 g/mol. The summed E-state index contributed by atoms with van der Waals surface area (Å²) >= 11 is 2.10. The molecule has 2 heterocycles. The molecule has 2 saturated heterocycles. The summed E-state index contributed by atoms with van der Waals surface area (Å²) in [6.45, 7) is 8.28. The molecule has 1 atom stereocenters. The van der Waals surface area contributed by atoms with Crippen LogP contribution in [-0.4, -0.2) is 73.3 Å². The minimum Gasteiger partial charge on any atom is -0.379 e. The van der Waals surface area contributed by atoms with Crippen LogP contribution in [0.3, 0.4) is 0 Å². The van der Waals surface area contributed by atoms with E-state index in [-0.39, 0.29) is 5.54 Å². The molecule has 5 nitrogen and oxygen atoms in total. The van der Waals surface area contributed by atoms with Gasteiger partial charge in [0.05, 0.1) is 13.2 Å². The first-order valence-electron chi connectivity index (χ1n) is 10.1. The van der Waals surface area contributed by atoms with E-state index >= 15 is 0 Å². The SMILES string of the molecule is CN=C(NCC1(C)CCCS1)NCC1(N2CCOCC2)CCCCC1. The third kappa shape index (κ3) is 5.04. The van der Waals surface area contributed by atoms with E-state index in [9.17, 15) is 0 Å². The van der Waals surface area contributed by atoms with Crippen molar-refractivity contribution in [2.45, 2.75) is 62.2 Å². The Morgan fingerprint density at radius 3 is 2.40 bits per heavy atom. The third-order valence-corrected chi connectivity index (χ3v) is 7.74. The monoisotopic (exact) mass is 368 g/mol. The Labute approximate surface area is 157 Å². The van der Waals surface area contributed by atoms with Crippen molar-refractivity contribution >= 4 is 17.7 Å². The summed E-state index contributed by atoms with van der Waals surface area (Å²) in [5.41, 5.74) is 0.283. The molecule has 0 aromatic heterocycles. The van der Waals surface area contributed by atoms with Gasteiger partial charge in [-0.3, -0.25) is 9.89 Å². The zero-order chi connectivity index (χ0) is 17.6. The van der Waals surface area contributed by atoms with Crippen LogP contribution in [0.25, 0.3) is 0 Å². The summed E-state index contributed by atoms with van der Waals surface area (Å²) in [6, 6.07) is 0. The topological polar surface area (TPSA) is 48.9 Å². The highest BCUT2D eigenvalue weighted by atomic mass is 32.2. The molecule has 0 bridgehead atoms. The number of hydrogen-bond acceptors (Lipinski definition) is 4. The van der Waals surface area contributed by atoms with Crippen molar-refractivity contribution in [2.75, 3.05) is 52.2 Å². The molecule has 3 aliphatic rings. The zero-order valence-electron chi connectivity index (χ0n) is 16.1. The maximum atomic E-state index is 5.59. The summed E-state index contributed by atoms with van der Waals surface area (Å²) in [7, 11) is 1.89. The van der Waals surface area contributed by atoms with Gasteiger partial charge in [0.2, 0.25) is 0 Å². The van der Waals surface area contributed by atoms with Crippen molar-refractivity contribution in [3.63, 3.8) is 0 Å². The van der Waals surface area contributed by atoms with Crippen molar-refractivity contribution in [2.24, 2.45) is 4.99 Å². The van der Waals surface area contributed by atoms with Crippen LogP contribution < -0.4 is 10.6 Å². The van der Waals surface area contributed by atoms with Gasteiger partial charge in [0, 0.05) is 43.5 Å². The number of thioether (sulfide) groups is 1. The Balaban J connectivity index is 1.55. The minimum absolute atomic E-state index is 0.283. The fraction of sp³-hybridized carbons (Fsp3) is 0.947. The first-order valence-corrected chi connectivity index (χ1v) is 11.1. The molecule has 0 radical (unpaired) electrons. The highest BCUT2D eigenvalue weighted by Gasteiger charge is 2.38. The predicted molar refractivity (Wildman–Crippen MR) is 108 cm³/mol. The second-order valence-electron chi connectivity index (χ2n) is 8.07. The van der Waals surface area contributed by atoms with Crippen LogP contribution in [0.4, 0.5) is 0 Å². The molecule has 1 saturated carbocycles. The molecule has 2 N–H and O–H groups in total. The van der Waals surface area contributed by atoms with E-state index in [4.69, 9.17) is 4.74 Å². The lowest BCUT2D eigenvalue weighted by Gasteiger charge is -2.48. The maximum absolute atomic E-state index is 5.59. The minimum atomic E-state index is 0.283. The van der Waals surface area contributed by atoms with E-state index in [1.165, 1.54) is 50.7 Å². The molecule has 2 aliphatic heterocycles. The zero-order valence-corrected chi connectivity index (χ0v) is 16.9. The summed E-state index contributed by atoms with van der Waals surface area (Å²) in [6.07, 6.45) is 9.32. The largest absolute Gasteiger partial charge is 0.379 e. The van der Waals surface area contributed by atoms with Crippen molar-refractivity contribution in [3.8, 4) is 0 Å². The molecule has 3 fully saturated rings. The van der Waals surface area contributed by atoms with E-state index in [0.29, 0.717) is 4.75 Å². The Morgan fingerprint density at radius 1 is 1.04 bits per heavy atom. The van der Waals surface area contributed by atoms with Gasteiger partial charge in [-0.2, -0.15) is 11.8 Å². The highest BCUT2D eigenvalue weighted by molar-refractivity contribution is 8.00. The lowest BCUT2D eigenvalue weighted by molar-refractivity contribution is -0.0352. The van der Waals surface area contributed by atoms with E-state index in [0.717, 1.165) is 45.4 Å². The maximum Gasteiger partial charge on any atom is 0.191 e. The van der Waals surface area contributed by atoms with Gasteiger partial charge in [-0.25, -0.2) is 0 Å². The Morgan fingerprint density at radius 2 is 1.76 bits per heavy atom. The van der Waals surface area contributed by atoms with E-state index in [1.807, 2.05) is 7.05 Å². The third-order valence-electron chi connectivity index (χ3n) is 6.20. The van der Waals surface area contributed by atoms with Gasteiger partial charge in [0.15, 0.2) is 5.96 Å². The summed E-state index contributed by atoms with van der Waals surface area (Å²) < 4.78 is 5.95. The van der Waals surface area contributed by atoms with Crippen LogP contribution in [-0.2, 0) is 4.74 Å². The number of nitrogens with zero attached hydrogens (tertiary/aromatic N) is 2. The average Bonchev–Trinajstić information content (AvgIpc) is 3.10. The quantitative estimate of drug-likeness (QED) is 0.577. The van der Waals surface area contributed by atoms with Gasteiger partial charge in [-0.05, 0) is 38.4 Å². The van der Waals surface area contributed by atoms with E-state index in [2.05, 4.69) is 39.2 Å². The summed E-state index contributed by atoms with van der Waals surface area (Å²) in [5.74, 6) is 2.26. The fourth-order valence-corrected chi connectivity index (χ4v) is 5.81. The van der Waals surface area contributed by atoms with E-state index in [1.54, 1.807) is 0 Å². The van der Waals surface area contributed by atoms with Gasteiger partial charge in [-0.15, -0.1) is 0 Å². The van der Waals surface area contributed by atoms with Crippen LogP contribution >= 0.6 is 11.8 Å². The number of morpholine rings is 1. The summed E-state index contributed by atoms with van der Waals surface area (Å²) in [5, 5.41) is 7.25. The predicted octanol–water partition coefficient (Wildman–Crippen LogP) is 2.47. The molecule has 1 unspecified atom stereocenters. The molecule has 0 aromatic carbocycles. The number of aliphatic imine (C=N–C) groups is 1. The lowest BCUT2D eigenvalue weighted by Crippen LogP contribution is -2.60. The number of hydrogen-bond donors (Lipinski definition) is 2. The molecule has 25 heavy (non-hydrogen) atoms. The number of guanidine groups is 1. The first kappa shape index (κ1) is 19.3. The number of ether oxygens (including phenoxy) is 1. The second kappa shape index (κ2) is 8.96. The van der Waals surface area contributed by atoms with Crippen molar-refractivity contribution < 1.29 is 4.74 Å². The highest BCUT2D eigenvalue weighted by Crippen LogP contribution is 2.37. The number of nitrogens with one attached hydrogen (secondary N) is 2. The van der Waals surface area contributed by atoms with Gasteiger partial charge in [0.25, 0.3) is 0 Å². The molecule has 144 valence electrons. The smallest absolute Gasteiger partial charge is 0.191 e. The van der Waals surface area contributed by atoms with Crippen LogP contribution in [0.5, 0.6) is 0 Å². The van der Waals surface area contributed by atoms with Crippen LogP contribution in [0.15, 0.2) is 4.99 Å². The Bertz CT molecular complexity index is 439. The van der Waals surface area contributed by atoms with Crippen molar-refractivity contribution in [1.82, 2.24) is 15.5 Å². The molecule has 1 aliphatic carbocycles. The van der Waals surface area contributed by atoms with Crippen LogP contribution in [0.2, 0.25) is 0 Å². The van der Waals surface area contributed by atoms with Crippen LogP contribution in [0, 0.1) is 0 Å². The molecular formula is C19H36N4OS. The van der Waals surface area contributed by atoms with Gasteiger partial charge in [-0.1, -0.05) is 19.3 Å². The number of rotatable bonds is 5. The van der Waals surface area contributed by atoms with Gasteiger partial charge < -0.3 is 15.4 Å². The fourth-order valence-electron chi connectivity index (χ4n) is 4.57. The van der Waals surface area contributed by atoms with Crippen molar-refractivity contribution in [3.05, 3.63) is 0 Å². The lowest BCUT2D eigenvalue weighted by atomic mass is 9.80. The average molecular weight is 369 g/mol. The van der Waals surface area contributed by atoms with Crippen molar-refractivity contribution in [1.29, 1.82) is 0 Å². The second-order valence-corrected chi connectivity index (χ2v) is 9.75. The standard InChI is InChI=1S/C19H36N4OS/c1-18(7-6-14-25-18)15-21-17(20-2)22-16-19(8-4-3-5-9-19)23-10-12-24-13-11-23/h3-16H2,1-2H3,(H2,20,21,22).